The summed E-state index contributed by atoms with van der Waals surface area (Å²) in [7, 11) is 0. The van der Waals surface area contributed by atoms with Crippen molar-refractivity contribution in [1.82, 2.24) is 5.32 Å². The van der Waals surface area contributed by atoms with Gasteiger partial charge in [-0.05, 0) is 18.8 Å². The minimum atomic E-state index is -0.961. The third kappa shape index (κ3) is 8.15. The minimum Gasteiger partial charge on any atom is -0.480 e. The zero-order valence-corrected chi connectivity index (χ0v) is 13.2. The van der Waals surface area contributed by atoms with E-state index in [1.165, 1.54) is 0 Å². The number of hydrogen-bond donors (Lipinski definition) is 2. The van der Waals surface area contributed by atoms with Crippen LogP contribution in [0.2, 0.25) is 0 Å². The van der Waals surface area contributed by atoms with Crippen LogP contribution in [0.5, 0.6) is 0 Å². The summed E-state index contributed by atoms with van der Waals surface area (Å²) < 4.78 is 5.33. The van der Waals surface area contributed by atoms with Crippen LogP contribution in [0.15, 0.2) is 0 Å². The SMILES string of the molecule is CCCC(CNC(=O)CC)(COCC(=O)O)CC(C)C. The number of nitrogens with one attached hydrogen (secondary N) is 1. The Labute approximate surface area is 122 Å². The number of carbonyl (C=O) groups excluding carboxylic acids is 1. The Morgan fingerprint density at radius 2 is 1.95 bits per heavy atom. The Bertz CT molecular complexity index is 304. The first-order valence-corrected chi connectivity index (χ1v) is 7.41. The summed E-state index contributed by atoms with van der Waals surface area (Å²) in [5, 5.41) is 11.6. The van der Waals surface area contributed by atoms with Crippen LogP contribution in [0.4, 0.5) is 0 Å². The number of carboxylic acid groups (broad SMARTS) is 1. The summed E-state index contributed by atoms with van der Waals surface area (Å²) in [6.07, 6.45) is 3.25. The van der Waals surface area contributed by atoms with Gasteiger partial charge in [0.25, 0.3) is 0 Å². The molecule has 0 aliphatic rings. The fourth-order valence-corrected chi connectivity index (χ4v) is 2.61. The molecule has 0 aromatic carbocycles. The molecule has 0 fully saturated rings. The molecular weight excluding hydrogens is 258 g/mol. The predicted molar refractivity (Wildman–Crippen MR) is 78.6 cm³/mol. The number of carboxylic acids is 1. The lowest BCUT2D eigenvalue weighted by atomic mass is 9.77. The Hall–Kier alpha value is -1.10. The maximum Gasteiger partial charge on any atom is 0.329 e. The molecule has 0 heterocycles. The van der Waals surface area contributed by atoms with Crippen molar-refractivity contribution >= 4 is 11.9 Å². The lowest BCUT2D eigenvalue weighted by molar-refractivity contribution is -0.144. The first kappa shape index (κ1) is 18.9. The normalized spacial score (nSPS) is 14.1. The molecule has 5 heteroatoms. The van der Waals surface area contributed by atoms with E-state index in [2.05, 4.69) is 26.1 Å². The van der Waals surface area contributed by atoms with Crippen molar-refractivity contribution in [3.05, 3.63) is 0 Å². The van der Waals surface area contributed by atoms with Gasteiger partial charge in [-0.2, -0.15) is 0 Å². The van der Waals surface area contributed by atoms with E-state index < -0.39 is 5.97 Å². The third-order valence-corrected chi connectivity index (χ3v) is 3.24. The molecule has 0 saturated heterocycles. The van der Waals surface area contributed by atoms with Gasteiger partial charge in [0.1, 0.15) is 6.61 Å². The van der Waals surface area contributed by atoms with Crippen LogP contribution in [0.1, 0.15) is 53.4 Å². The zero-order valence-electron chi connectivity index (χ0n) is 13.2. The quantitative estimate of drug-likeness (QED) is 0.612. The highest BCUT2D eigenvalue weighted by atomic mass is 16.5. The summed E-state index contributed by atoms with van der Waals surface area (Å²) in [4.78, 5) is 22.1. The molecule has 2 N–H and O–H groups in total. The van der Waals surface area contributed by atoms with Gasteiger partial charge in [-0.3, -0.25) is 4.79 Å². The van der Waals surface area contributed by atoms with Crippen LogP contribution in [0, 0.1) is 11.3 Å². The van der Waals surface area contributed by atoms with E-state index in [-0.39, 0.29) is 17.9 Å². The average molecular weight is 287 g/mol. The van der Waals surface area contributed by atoms with Gasteiger partial charge in [-0.25, -0.2) is 4.79 Å². The minimum absolute atomic E-state index is 0.0208. The highest BCUT2D eigenvalue weighted by Crippen LogP contribution is 2.32. The van der Waals surface area contributed by atoms with E-state index in [0.717, 1.165) is 19.3 Å². The summed E-state index contributed by atoms with van der Waals surface area (Å²) in [6.45, 7) is 8.80. The van der Waals surface area contributed by atoms with E-state index in [4.69, 9.17) is 9.84 Å². The molecule has 1 amide bonds. The molecule has 0 rings (SSSR count). The third-order valence-electron chi connectivity index (χ3n) is 3.24. The van der Waals surface area contributed by atoms with Gasteiger partial charge in [-0.15, -0.1) is 0 Å². The number of amides is 1. The molecule has 5 nitrogen and oxygen atoms in total. The molecule has 0 radical (unpaired) electrons. The smallest absolute Gasteiger partial charge is 0.329 e. The molecule has 0 saturated carbocycles. The molecule has 0 aromatic heterocycles. The Kier molecular flexibility index (Phi) is 9.21. The van der Waals surface area contributed by atoms with E-state index in [0.29, 0.717) is 25.5 Å². The van der Waals surface area contributed by atoms with Crippen molar-refractivity contribution < 1.29 is 19.4 Å². The van der Waals surface area contributed by atoms with E-state index >= 15 is 0 Å². The second-order valence-electron chi connectivity index (χ2n) is 5.86. The first-order valence-electron chi connectivity index (χ1n) is 7.41. The number of carbonyl (C=O) groups is 2. The van der Waals surface area contributed by atoms with Crippen molar-refractivity contribution in [2.24, 2.45) is 11.3 Å². The highest BCUT2D eigenvalue weighted by molar-refractivity contribution is 5.75. The van der Waals surface area contributed by atoms with Crippen LogP contribution >= 0.6 is 0 Å². The topological polar surface area (TPSA) is 75.6 Å². The van der Waals surface area contributed by atoms with Crippen LogP contribution in [0.3, 0.4) is 0 Å². The Morgan fingerprint density at radius 1 is 1.30 bits per heavy atom. The Balaban J connectivity index is 4.73. The molecule has 118 valence electrons. The fraction of sp³-hybridized carbons (Fsp3) is 0.867. The molecule has 1 unspecified atom stereocenters. The van der Waals surface area contributed by atoms with Crippen molar-refractivity contribution in [2.75, 3.05) is 19.8 Å². The molecule has 0 aliphatic carbocycles. The van der Waals surface area contributed by atoms with E-state index in [1.807, 2.05) is 6.92 Å². The molecule has 0 bridgehead atoms. The van der Waals surface area contributed by atoms with Crippen LogP contribution < -0.4 is 5.32 Å². The number of ether oxygens (including phenoxy) is 1. The van der Waals surface area contributed by atoms with Gasteiger partial charge in [0.15, 0.2) is 0 Å². The average Bonchev–Trinajstić information content (AvgIpc) is 2.35. The highest BCUT2D eigenvalue weighted by Gasteiger charge is 2.31. The lowest BCUT2D eigenvalue weighted by Crippen LogP contribution is -2.42. The van der Waals surface area contributed by atoms with Crippen LogP contribution in [-0.2, 0) is 14.3 Å². The maximum atomic E-state index is 11.5. The van der Waals surface area contributed by atoms with Gasteiger partial charge in [-0.1, -0.05) is 34.1 Å². The van der Waals surface area contributed by atoms with Crippen molar-refractivity contribution in [3.63, 3.8) is 0 Å². The van der Waals surface area contributed by atoms with Crippen molar-refractivity contribution in [2.45, 2.75) is 53.4 Å². The predicted octanol–water partition coefficient (Wildman–Crippen LogP) is 2.45. The van der Waals surface area contributed by atoms with E-state index in [9.17, 15) is 9.59 Å². The summed E-state index contributed by atoms with van der Waals surface area (Å²) in [5.41, 5.74) is -0.177. The van der Waals surface area contributed by atoms with Gasteiger partial charge in [0.2, 0.25) is 5.91 Å². The van der Waals surface area contributed by atoms with Gasteiger partial charge < -0.3 is 15.2 Å². The zero-order chi connectivity index (χ0) is 15.6. The molecule has 0 aromatic rings. The number of hydrogen-bond acceptors (Lipinski definition) is 3. The molecule has 1 atom stereocenters. The fourth-order valence-electron chi connectivity index (χ4n) is 2.61. The van der Waals surface area contributed by atoms with Crippen molar-refractivity contribution in [1.29, 1.82) is 0 Å². The van der Waals surface area contributed by atoms with Gasteiger partial charge >= 0.3 is 5.97 Å². The standard InChI is InChI=1S/C15H29NO4/c1-5-7-15(8-12(3)4,10-16-13(17)6-2)11-20-9-14(18)19/h12H,5-11H2,1-4H3,(H,16,17)(H,18,19). The van der Waals surface area contributed by atoms with E-state index in [1.54, 1.807) is 0 Å². The monoisotopic (exact) mass is 287 g/mol. The first-order chi connectivity index (χ1) is 9.35. The second-order valence-corrected chi connectivity index (χ2v) is 5.86. The molecular formula is C15H29NO4. The molecule has 0 spiro atoms. The second kappa shape index (κ2) is 9.75. The molecule has 0 aliphatic heterocycles. The summed E-state index contributed by atoms with van der Waals surface area (Å²) in [6, 6.07) is 0. The van der Waals surface area contributed by atoms with Crippen LogP contribution in [-0.4, -0.2) is 36.7 Å². The number of rotatable bonds is 11. The number of aliphatic carboxylic acids is 1. The summed E-state index contributed by atoms with van der Waals surface area (Å²) in [5.74, 6) is -0.474. The van der Waals surface area contributed by atoms with Gasteiger partial charge in [0.05, 0.1) is 6.61 Å². The Morgan fingerprint density at radius 3 is 2.40 bits per heavy atom. The maximum absolute atomic E-state index is 11.5. The molecule has 20 heavy (non-hydrogen) atoms. The van der Waals surface area contributed by atoms with Crippen molar-refractivity contribution in [3.8, 4) is 0 Å². The van der Waals surface area contributed by atoms with Crippen LogP contribution in [0.25, 0.3) is 0 Å². The summed E-state index contributed by atoms with van der Waals surface area (Å²) >= 11 is 0. The lowest BCUT2D eigenvalue weighted by Gasteiger charge is -2.35. The van der Waals surface area contributed by atoms with Gasteiger partial charge in [0, 0.05) is 18.4 Å². The largest absolute Gasteiger partial charge is 0.480 e.